The first-order valence-corrected chi connectivity index (χ1v) is 9.77. The summed E-state index contributed by atoms with van der Waals surface area (Å²) in [6, 6.07) is 10.9. The van der Waals surface area contributed by atoms with Gasteiger partial charge in [-0.05, 0) is 29.8 Å². The van der Waals surface area contributed by atoms with E-state index in [1.807, 2.05) is 24.3 Å². The Balaban J connectivity index is 1.33. The number of aromatic nitrogens is 1. The van der Waals surface area contributed by atoms with Crippen molar-refractivity contribution >= 4 is 40.4 Å². The third-order valence-electron chi connectivity index (χ3n) is 3.85. The number of carbonyl (C=O) groups excluding carboxylic acids is 1. The van der Waals surface area contributed by atoms with Crippen LogP contribution in [0.1, 0.15) is 12.0 Å². The van der Waals surface area contributed by atoms with Crippen molar-refractivity contribution < 1.29 is 23.4 Å². The molecule has 0 saturated heterocycles. The zero-order valence-electron chi connectivity index (χ0n) is 14.3. The van der Waals surface area contributed by atoms with Gasteiger partial charge in [0.2, 0.25) is 0 Å². The van der Waals surface area contributed by atoms with Crippen LogP contribution in [-0.4, -0.2) is 29.9 Å². The van der Waals surface area contributed by atoms with Gasteiger partial charge >= 0.3 is 5.97 Å². The van der Waals surface area contributed by atoms with Crippen LogP contribution in [0, 0.1) is 0 Å². The Morgan fingerprint density at radius 2 is 2.07 bits per heavy atom. The van der Waals surface area contributed by atoms with E-state index in [0.29, 0.717) is 40.5 Å². The van der Waals surface area contributed by atoms with Crippen LogP contribution in [0.15, 0.2) is 46.0 Å². The van der Waals surface area contributed by atoms with Gasteiger partial charge in [0.15, 0.2) is 17.1 Å². The molecule has 4 rings (SSSR count). The lowest BCUT2D eigenvalue weighted by atomic mass is 10.2. The predicted octanol–water partition coefficient (Wildman–Crippen LogP) is 4.48. The van der Waals surface area contributed by atoms with E-state index in [1.165, 1.54) is 11.8 Å². The second-order valence-electron chi connectivity index (χ2n) is 5.85. The highest BCUT2D eigenvalue weighted by atomic mass is 35.5. The molecule has 0 amide bonds. The number of rotatable bonds is 5. The Morgan fingerprint density at radius 1 is 1.22 bits per heavy atom. The van der Waals surface area contributed by atoms with Gasteiger partial charge in [-0.2, -0.15) is 0 Å². The van der Waals surface area contributed by atoms with Crippen molar-refractivity contribution in [1.82, 2.24) is 4.98 Å². The SMILES string of the molecule is O=C(CSc1nc2ccccc2o1)OCc1cc(Cl)c2c(c1)OCCCO2. The molecule has 0 spiro atoms. The molecule has 3 aromatic rings. The third kappa shape index (κ3) is 4.31. The number of hydrogen-bond acceptors (Lipinski definition) is 7. The zero-order valence-corrected chi connectivity index (χ0v) is 15.8. The van der Waals surface area contributed by atoms with Gasteiger partial charge in [-0.25, -0.2) is 4.98 Å². The number of carbonyl (C=O) groups is 1. The highest BCUT2D eigenvalue weighted by molar-refractivity contribution is 7.99. The number of oxazole rings is 1. The molecule has 27 heavy (non-hydrogen) atoms. The van der Waals surface area contributed by atoms with Gasteiger partial charge in [-0.1, -0.05) is 35.5 Å². The van der Waals surface area contributed by atoms with Crippen molar-refractivity contribution in [1.29, 1.82) is 0 Å². The van der Waals surface area contributed by atoms with Crippen LogP contribution in [0.25, 0.3) is 11.1 Å². The van der Waals surface area contributed by atoms with Gasteiger partial charge in [0.1, 0.15) is 17.9 Å². The van der Waals surface area contributed by atoms with Crippen molar-refractivity contribution in [2.75, 3.05) is 19.0 Å². The molecule has 0 aliphatic carbocycles. The number of halogens is 1. The summed E-state index contributed by atoms with van der Waals surface area (Å²) in [6.45, 7) is 1.23. The van der Waals surface area contributed by atoms with E-state index in [-0.39, 0.29) is 18.3 Å². The van der Waals surface area contributed by atoms with E-state index in [2.05, 4.69) is 4.98 Å². The second kappa shape index (κ2) is 8.10. The van der Waals surface area contributed by atoms with Gasteiger partial charge in [0.25, 0.3) is 5.22 Å². The molecule has 2 aromatic carbocycles. The summed E-state index contributed by atoms with van der Waals surface area (Å²) in [5.41, 5.74) is 2.19. The number of fused-ring (bicyclic) bond motifs is 2. The first-order valence-electron chi connectivity index (χ1n) is 8.41. The predicted molar refractivity (Wildman–Crippen MR) is 102 cm³/mol. The molecule has 0 unspecified atom stereocenters. The number of esters is 1. The second-order valence-corrected chi connectivity index (χ2v) is 7.19. The number of para-hydroxylation sites is 2. The Kier molecular flexibility index (Phi) is 5.40. The summed E-state index contributed by atoms with van der Waals surface area (Å²) < 4.78 is 22.1. The molecular weight excluding hydrogens is 390 g/mol. The molecule has 0 radical (unpaired) electrons. The number of benzene rings is 2. The quantitative estimate of drug-likeness (QED) is 0.457. The molecule has 1 aliphatic rings. The van der Waals surface area contributed by atoms with Crippen LogP contribution in [0.2, 0.25) is 5.02 Å². The number of thioether (sulfide) groups is 1. The minimum atomic E-state index is -0.370. The molecule has 0 fully saturated rings. The third-order valence-corrected chi connectivity index (χ3v) is 4.93. The van der Waals surface area contributed by atoms with E-state index >= 15 is 0 Å². The fourth-order valence-electron chi connectivity index (χ4n) is 2.61. The summed E-state index contributed by atoms with van der Waals surface area (Å²) >= 11 is 7.44. The fraction of sp³-hybridized carbons (Fsp3) is 0.263. The maximum absolute atomic E-state index is 12.0. The largest absolute Gasteiger partial charge is 0.489 e. The molecule has 0 saturated carbocycles. The molecule has 0 atom stereocenters. The van der Waals surface area contributed by atoms with Crippen LogP contribution in [-0.2, 0) is 16.1 Å². The van der Waals surface area contributed by atoms with E-state index < -0.39 is 0 Å². The van der Waals surface area contributed by atoms with Crippen LogP contribution in [0.3, 0.4) is 0 Å². The van der Waals surface area contributed by atoms with Crippen LogP contribution in [0.4, 0.5) is 0 Å². The zero-order chi connectivity index (χ0) is 18.6. The lowest BCUT2D eigenvalue weighted by Crippen LogP contribution is -2.07. The molecular formula is C19H16ClNO5S. The van der Waals surface area contributed by atoms with Gasteiger partial charge in [0, 0.05) is 6.42 Å². The Labute approximate surface area is 164 Å². The Hall–Kier alpha value is -2.38. The highest BCUT2D eigenvalue weighted by Crippen LogP contribution is 2.38. The smallest absolute Gasteiger partial charge is 0.316 e. The van der Waals surface area contributed by atoms with Gasteiger partial charge in [0.05, 0.1) is 18.2 Å². The van der Waals surface area contributed by atoms with Crippen LogP contribution < -0.4 is 9.47 Å². The first kappa shape index (κ1) is 18.0. The first-order chi connectivity index (χ1) is 13.2. The Morgan fingerprint density at radius 3 is 2.96 bits per heavy atom. The van der Waals surface area contributed by atoms with Crippen molar-refractivity contribution in [3.8, 4) is 11.5 Å². The lowest BCUT2D eigenvalue weighted by Gasteiger charge is -2.11. The Bertz CT molecular complexity index is 941. The van der Waals surface area contributed by atoms with Crippen LogP contribution in [0.5, 0.6) is 11.5 Å². The number of hydrogen-bond donors (Lipinski definition) is 0. The molecule has 6 nitrogen and oxygen atoms in total. The maximum atomic E-state index is 12.0. The van der Waals surface area contributed by atoms with Crippen molar-refractivity contribution in [3.63, 3.8) is 0 Å². The molecule has 1 aliphatic heterocycles. The molecule has 8 heteroatoms. The monoisotopic (exact) mass is 405 g/mol. The van der Waals surface area contributed by atoms with Crippen molar-refractivity contribution in [2.24, 2.45) is 0 Å². The van der Waals surface area contributed by atoms with Crippen LogP contribution >= 0.6 is 23.4 Å². The number of nitrogens with zero attached hydrogens (tertiary/aromatic N) is 1. The van der Waals surface area contributed by atoms with E-state index in [0.717, 1.165) is 17.5 Å². The summed E-state index contributed by atoms with van der Waals surface area (Å²) in [6.07, 6.45) is 0.794. The summed E-state index contributed by atoms with van der Waals surface area (Å²) in [4.78, 5) is 16.3. The van der Waals surface area contributed by atoms with E-state index in [9.17, 15) is 4.79 Å². The molecule has 0 N–H and O–H groups in total. The summed E-state index contributed by atoms with van der Waals surface area (Å²) in [7, 11) is 0. The van der Waals surface area contributed by atoms with Gasteiger partial charge in [-0.15, -0.1) is 0 Å². The average molecular weight is 406 g/mol. The average Bonchev–Trinajstić information content (AvgIpc) is 2.93. The molecule has 140 valence electrons. The van der Waals surface area contributed by atoms with Gasteiger partial charge in [-0.3, -0.25) is 4.79 Å². The molecule has 1 aromatic heterocycles. The molecule has 2 heterocycles. The summed E-state index contributed by atoms with van der Waals surface area (Å²) in [5, 5.41) is 0.882. The van der Waals surface area contributed by atoms with Crippen molar-refractivity contribution in [3.05, 3.63) is 47.0 Å². The summed E-state index contributed by atoms with van der Waals surface area (Å²) in [5.74, 6) is 0.846. The van der Waals surface area contributed by atoms with E-state index in [1.54, 1.807) is 12.1 Å². The van der Waals surface area contributed by atoms with Crippen molar-refractivity contribution in [2.45, 2.75) is 18.3 Å². The standard InChI is InChI=1S/C19H16ClNO5S/c20-13-8-12(9-16-18(13)24-7-3-6-23-16)10-25-17(22)11-27-19-21-14-4-1-2-5-15(14)26-19/h1-2,4-5,8-9H,3,6-7,10-11H2. The highest BCUT2D eigenvalue weighted by Gasteiger charge is 2.16. The number of ether oxygens (including phenoxy) is 3. The topological polar surface area (TPSA) is 70.8 Å². The minimum absolute atomic E-state index is 0.101. The lowest BCUT2D eigenvalue weighted by molar-refractivity contribution is -0.141. The van der Waals surface area contributed by atoms with Gasteiger partial charge < -0.3 is 18.6 Å². The normalized spacial score (nSPS) is 13.4. The van der Waals surface area contributed by atoms with E-state index in [4.69, 9.17) is 30.2 Å². The minimum Gasteiger partial charge on any atom is -0.489 e. The molecule has 0 bridgehead atoms. The maximum Gasteiger partial charge on any atom is 0.316 e. The fourth-order valence-corrected chi connectivity index (χ4v) is 3.53.